The number of unbranched alkanes of at least 4 members (excludes halogenated alkanes) is 2. The number of halogens is 6. The molecule has 19 heavy (non-hydrogen) atoms. The third kappa shape index (κ3) is 6.58. The van der Waals surface area contributed by atoms with Crippen LogP contribution < -0.4 is 0 Å². The highest BCUT2D eigenvalue weighted by Gasteiger charge is 2.47. The van der Waals surface area contributed by atoms with Gasteiger partial charge in [-0.3, -0.25) is 9.59 Å². The summed E-state index contributed by atoms with van der Waals surface area (Å²) in [4.78, 5) is 21.7. The van der Waals surface area contributed by atoms with Crippen molar-refractivity contribution in [3.05, 3.63) is 0 Å². The lowest BCUT2D eigenvalue weighted by atomic mass is 9.91. The smallest absolute Gasteiger partial charge is 0.290 e. The number of carbonyl (C=O) groups excluding carboxylic acids is 2. The molecule has 0 aromatic rings. The first-order chi connectivity index (χ1) is 8.50. The molecule has 2 nitrogen and oxygen atoms in total. The molecule has 0 fully saturated rings. The highest BCUT2D eigenvalue weighted by atomic mass is 19.4. The van der Waals surface area contributed by atoms with Gasteiger partial charge in [0.2, 0.25) is 11.6 Å². The van der Waals surface area contributed by atoms with Crippen molar-refractivity contribution in [2.24, 2.45) is 5.92 Å². The van der Waals surface area contributed by atoms with Gasteiger partial charge in [0, 0.05) is 12.3 Å². The van der Waals surface area contributed by atoms with E-state index in [1.54, 1.807) is 6.92 Å². The Morgan fingerprint density at radius 3 is 1.84 bits per heavy atom. The van der Waals surface area contributed by atoms with Crippen LogP contribution in [0.5, 0.6) is 0 Å². The van der Waals surface area contributed by atoms with Gasteiger partial charge in [-0.05, 0) is 6.42 Å². The molecule has 1 atom stereocenters. The van der Waals surface area contributed by atoms with Gasteiger partial charge in [0.15, 0.2) is 0 Å². The SMILES string of the molecule is CCCCCC(CC(=O)C(F)(F)F)C(=O)C(F)(F)F. The Bertz CT molecular complexity index is 318. The van der Waals surface area contributed by atoms with Crippen LogP contribution in [0.25, 0.3) is 0 Å². The number of carbonyl (C=O) groups is 2. The van der Waals surface area contributed by atoms with Gasteiger partial charge in [0.25, 0.3) is 0 Å². The van der Waals surface area contributed by atoms with Gasteiger partial charge in [-0.25, -0.2) is 0 Å². The van der Waals surface area contributed by atoms with E-state index in [4.69, 9.17) is 0 Å². The molecule has 112 valence electrons. The normalized spacial score (nSPS) is 14.3. The minimum absolute atomic E-state index is 0.175. The molecule has 8 heteroatoms. The second-order valence-electron chi connectivity index (χ2n) is 4.18. The van der Waals surface area contributed by atoms with Crippen molar-refractivity contribution >= 4 is 11.6 Å². The monoisotopic (exact) mass is 292 g/mol. The van der Waals surface area contributed by atoms with E-state index in [2.05, 4.69) is 0 Å². The van der Waals surface area contributed by atoms with Crippen LogP contribution >= 0.6 is 0 Å². The van der Waals surface area contributed by atoms with Gasteiger partial charge in [0.1, 0.15) is 0 Å². The van der Waals surface area contributed by atoms with Crippen LogP contribution in [0.15, 0.2) is 0 Å². The largest absolute Gasteiger partial charge is 0.450 e. The lowest BCUT2D eigenvalue weighted by Crippen LogP contribution is -2.35. The van der Waals surface area contributed by atoms with E-state index in [1.165, 1.54) is 0 Å². The average molecular weight is 292 g/mol. The summed E-state index contributed by atoms with van der Waals surface area (Å²) in [5.41, 5.74) is 0. The Morgan fingerprint density at radius 1 is 0.947 bits per heavy atom. The van der Waals surface area contributed by atoms with Gasteiger partial charge >= 0.3 is 12.4 Å². The van der Waals surface area contributed by atoms with E-state index in [9.17, 15) is 35.9 Å². The third-order valence-electron chi connectivity index (χ3n) is 2.55. The van der Waals surface area contributed by atoms with E-state index >= 15 is 0 Å². The Morgan fingerprint density at radius 2 is 1.47 bits per heavy atom. The molecule has 0 radical (unpaired) electrons. The van der Waals surface area contributed by atoms with E-state index in [0.717, 1.165) is 0 Å². The predicted molar refractivity (Wildman–Crippen MR) is 54.4 cm³/mol. The number of alkyl halides is 6. The van der Waals surface area contributed by atoms with Crippen molar-refractivity contribution in [3.63, 3.8) is 0 Å². The highest BCUT2D eigenvalue weighted by Crippen LogP contribution is 2.29. The average Bonchev–Trinajstić information content (AvgIpc) is 2.24. The minimum atomic E-state index is -5.22. The maximum Gasteiger partial charge on any atom is 0.450 e. The molecule has 1 unspecified atom stereocenters. The molecule has 0 bridgehead atoms. The Kier molecular flexibility index (Phi) is 6.51. The van der Waals surface area contributed by atoms with Crippen molar-refractivity contribution in [2.75, 3.05) is 0 Å². The lowest BCUT2D eigenvalue weighted by molar-refractivity contribution is -0.181. The summed E-state index contributed by atoms with van der Waals surface area (Å²) in [6.45, 7) is 1.75. The van der Waals surface area contributed by atoms with Crippen LogP contribution in [-0.4, -0.2) is 23.9 Å². The van der Waals surface area contributed by atoms with Crippen molar-refractivity contribution in [1.82, 2.24) is 0 Å². The lowest BCUT2D eigenvalue weighted by Gasteiger charge is -2.17. The van der Waals surface area contributed by atoms with E-state index in [0.29, 0.717) is 12.8 Å². The van der Waals surface area contributed by atoms with Gasteiger partial charge in [-0.15, -0.1) is 0 Å². The van der Waals surface area contributed by atoms with Crippen molar-refractivity contribution in [1.29, 1.82) is 0 Å². The van der Waals surface area contributed by atoms with Crippen LogP contribution in [0, 0.1) is 5.92 Å². The number of hydrogen-bond acceptors (Lipinski definition) is 2. The Balaban J connectivity index is 4.78. The summed E-state index contributed by atoms with van der Waals surface area (Å²) < 4.78 is 72.7. The molecular formula is C11H14F6O2. The Hall–Kier alpha value is -1.08. The number of hydrogen-bond donors (Lipinski definition) is 0. The second kappa shape index (κ2) is 6.91. The van der Waals surface area contributed by atoms with Crippen molar-refractivity contribution in [3.8, 4) is 0 Å². The molecule has 0 aliphatic carbocycles. The first-order valence-electron chi connectivity index (χ1n) is 5.71. The fourth-order valence-corrected chi connectivity index (χ4v) is 1.54. The highest BCUT2D eigenvalue weighted by molar-refractivity contribution is 5.92. The molecular weight excluding hydrogens is 278 g/mol. The molecule has 0 spiro atoms. The molecule has 0 N–H and O–H groups in total. The third-order valence-corrected chi connectivity index (χ3v) is 2.55. The maximum atomic E-state index is 12.2. The number of ketones is 2. The zero-order valence-electron chi connectivity index (χ0n) is 10.2. The first kappa shape index (κ1) is 17.9. The zero-order valence-corrected chi connectivity index (χ0v) is 10.2. The molecule has 0 saturated carbocycles. The summed E-state index contributed by atoms with van der Waals surface area (Å²) in [5, 5.41) is 0. The predicted octanol–water partition coefficient (Wildman–Crippen LogP) is 3.84. The fraction of sp³-hybridized carbons (Fsp3) is 0.818. The van der Waals surface area contributed by atoms with Gasteiger partial charge in [-0.2, -0.15) is 26.3 Å². The second-order valence-corrected chi connectivity index (χ2v) is 4.18. The minimum Gasteiger partial charge on any atom is -0.290 e. The number of Topliss-reactive ketones (excluding diaryl/α,β-unsaturated/α-hetero) is 2. The molecule has 0 rings (SSSR count). The quantitative estimate of drug-likeness (QED) is 0.528. The standard InChI is InChI=1S/C11H14F6O2/c1-2-3-4-5-7(9(19)11(15,16)17)6-8(18)10(12,13)14/h7H,2-6H2,1H3. The van der Waals surface area contributed by atoms with Gasteiger partial charge in [-0.1, -0.05) is 26.2 Å². The van der Waals surface area contributed by atoms with Crippen molar-refractivity contribution in [2.45, 2.75) is 51.4 Å². The van der Waals surface area contributed by atoms with Gasteiger partial charge in [0.05, 0.1) is 0 Å². The van der Waals surface area contributed by atoms with Crippen LogP contribution in [0.4, 0.5) is 26.3 Å². The van der Waals surface area contributed by atoms with E-state index in [1.807, 2.05) is 0 Å². The molecule has 0 aromatic heterocycles. The van der Waals surface area contributed by atoms with Gasteiger partial charge < -0.3 is 0 Å². The molecule has 0 aliphatic rings. The van der Waals surface area contributed by atoms with Crippen LogP contribution in [-0.2, 0) is 9.59 Å². The molecule has 0 aromatic carbocycles. The maximum absolute atomic E-state index is 12.2. The Labute approximate surface area is 106 Å². The van der Waals surface area contributed by atoms with Crippen LogP contribution in [0.3, 0.4) is 0 Å². The van der Waals surface area contributed by atoms with Crippen LogP contribution in [0.2, 0.25) is 0 Å². The summed E-state index contributed by atoms with van der Waals surface area (Å²) >= 11 is 0. The topological polar surface area (TPSA) is 34.1 Å². The fourth-order valence-electron chi connectivity index (χ4n) is 1.54. The first-order valence-corrected chi connectivity index (χ1v) is 5.71. The van der Waals surface area contributed by atoms with E-state index in [-0.39, 0.29) is 12.8 Å². The molecule has 0 amide bonds. The van der Waals surface area contributed by atoms with E-state index < -0.39 is 36.3 Å². The summed E-state index contributed by atoms with van der Waals surface area (Å²) in [7, 11) is 0. The molecule has 0 heterocycles. The number of rotatable bonds is 7. The zero-order chi connectivity index (χ0) is 15.3. The molecule has 0 saturated heterocycles. The summed E-state index contributed by atoms with van der Waals surface area (Å²) in [5.74, 6) is -6.51. The van der Waals surface area contributed by atoms with Crippen molar-refractivity contribution < 1.29 is 35.9 Å². The summed E-state index contributed by atoms with van der Waals surface area (Å²) in [6.07, 6.45) is -10.9. The molecule has 0 aliphatic heterocycles. The summed E-state index contributed by atoms with van der Waals surface area (Å²) in [6, 6.07) is 0. The van der Waals surface area contributed by atoms with Crippen LogP contribution in [0.1, 0.15) is 39.0 Å².